The molecule has 88 valence electrons. The topological polar surface area (TPSA) is 33.2 Å². The Morgan fingerprint density at radius 1 is 1.56 bits per heavy atom. The second-order valence-electron chi connectivity index (χ2n) is 4.32. The van der Waals surface area contributed by atoms with Gasteiger partial charge in [-0.2, -0.15) is 0 Å². The number of likely N-dealkylation sites (N-methyl/N-ethyl adjacent to an activating group) is 1. The molecule has 4 heteroatoms. The number of hydrogen-bond acceptors (Lipinski definition) is 3. The quantitative estimate of drug-likeness (QED) is 0.755. The minimum absolute atomic E-state index is 0.00110. The molecular formula is C12H18N2OS. The second-order valence-corrected chi connectivity index (χ2v) is 5.47. The van der Waals surface area contributed by atoms with E-state index in [1.807, 2.05) is 12.3 Å². The van der Waals surface area contributed by atoms with Crippen LogP contribution in [0.5, 0.6) is 0 Å². The minimum Gasteiger partial charge on any atom is -0.345 e. The van der Waals surface area contributed by atoms with Gasteiger partial charge < -0.3 is 4.90 Å². The summed E-state index contributed by atoms with van der Waals surface area (Å²) >= 11 is 1.65. The van der Waals surface area contributed by atoms with E-state index in [1.54, 1.807) is 36.4 Å². The Bertz CT molecular complexity index is 380. The number of aromatic nitrogens is 1. The van der Waals surface area contributed by atoms with Crippen LogP contribution in [0.1, 0.15) is 23.7 Å². The van der Waals surface area contributed by atoms with E-state index in [4.69, 9.17) is 0 Å². The highest BCUT2D eigenvalue weighted by atomic mass is 32.1. The normalized spacial score (nSPS) is 11.3. The molecule has 0 aliphatic rings. The molecule has 1 rings (SSSR count). The zero-order valence-corrected chi connectivity index (χ0v) is 11.0. The van der Waals surface area contributed by atoms with Crippen molar-refractivity contribution >= 4 is 23.3 Å². The molecule has 0 radical (unpaired) electrons. The van der Waals surface area contributed by atoms with Crippen molar-refractivity contribution in [2.75, 3.05) is 14.1 Å². The highest BCUT2D eigenvalue weighted by molar-refractivity contribution is 7.12. The Balaban J connectivity index is 2.61. The molecule has 0 bridgehead atoms. The fraction of sp³-hybridized carbons (Fsp3) is 0.500. The van der Waals surface area contributed by atoms with Crippen molar-refractivity contribution in [1.29, 1.82) is 0 Å². The van der Waals surface area contributed by atoms with Gasteiger partial charge >= 0.3 is 0 Å². The Labute approximate surface area is 101 Å². The monoisotopic (exact) mass is 238 g/mol. The fourth-order valence-corrected chi connectivity index (χ4v) is 2.18. The molecule has 0 aliphatic carbocycles. The van der Waals surface area contributed by atoms with Crippen molar-refractivity contribution < 1.29 is 4.79 Å². The molecule has 1 aromatic rings. The van der Waals surface area contributed by atoms with Crippen LogP contribution < -0.4 is 0 Å². The van der Waals surface area contributed by atoms with Gasteiger partial charge in [0.25, 0.3) is 0 Å². The van der Waals surface area contributed by atoms with Crippen LogP contribution in [0.4, 0.5) is 0 Å². The van der Waals surface area contributed by atoms with Crippen molar-refractivity contribution in [3.8, 4) is 0 Å². The maximum atomic E-state index is 11.3. The highest BCUT2D eigenvalue weighted by Crippen LogP contribution is 2.17. The Kier molecular flexibility index (Phi) is 4.68. The first-order valence-electron chi connectivity index (χ1n) is 5.33. The Morgan fingerprint density at radius 3 is 2.81 bits per heavy atom. The van der Waals surface area contributed by atoms with E-state index in [-0.39, 0.29) is 5.91 Å². The number of thiazole rings is 1. The Morgan fingerprint density at radius 2 is 2.25 bits per heavy atom. The third-order valence-electron chi connectivity index (χ3n) is 1.99. The summed E-state index contributed by atoms with van der Waals surface area (Å²) in [4.78, 5) is 18.2. The minimum atomic E-state index is -0.00110. The summed E-state index contributed by atoms with van der Waals surface area (Å²) in [6.45, 7) is 4.35. The molecule has 1 aromatic heterocycles. The van der Waals surface area contributed by atoms with Gasteiger partial charge in [0.05, 0.1) is 5.01 Å². The molecule has 16 heavy (non-hydrogen) atoms. The van der Waals surface area contributed by atoms with Gasteiger partial charge in [-0.25, -0.2) is 4.98 Å². The van der Waals surface area contributed by atoms with E-state index in [0.29, 0.717) is 5.92 Å². The number of carbonyl (C=O) groups is 1. The molecule has 0 aromatic carbocycles. The second kappa shape index (κ2) is 5.80. The molecule has 0 saturated carbocycles. The lowest BCUT2D eigenvalue weighted by Gasteiger charge is -2.04. The number of hydrogen-bond donors (Lipinski definition) is 0. The zero-order chi connectivity index (χ0) is 12.1. The van der Waals surface area contributed by atoms with Crippen molar-refractivity contribution in [3.05, 3.63) is 22.2 Å². The maximum absolute atomic E-state index is 11.3. The molecule has 0 unspecified atom stereocenters. The van der Waals surface area contributed by atoms with Crippen LogP contribution in [-0.2, 0) is 11.2 Å². The summed E-state index contributed by atoms with van der Waals surface area (Å²) in [5.74, 6) is 0.616. The van der Waals surface area contributed by atoms with Crippen molar-refractivity contribution in [2.24, 2.45) is 5.92 Å². The first-order valence-corrected chi connectivity index (χ1v) is 6.14. The third kappa shape index (κ3) is 4.14. The predicted molar refractivity (Wildman–Crippen MR) is 68.4 cm³/mol. The molecule has 0 saturated heterocycles. The fourth-order valence-electron chi connectivity index (χ4n) is 1.15. The average Bonchev–Trinajstić information content (AvgIpc) is 2.60. The number of amides is 1. The van der Waals surface area contributed by atoms with Gasteiger partial charge in [-0.1, -0.05) is 13.8 Å². The van der Waals surface area contributed by atoms with Crippen LogP contribution in [0.2, 0.25) is 0 Å². The van der Waals surface area contributed by atoms with E-state index >= 15 is 0 Å². The van der Waals surface area contributed by atoms with Gasteiger partial charge in [0.1, 0.15) is 0 Å². The smallest absolute Gasteiger partial charge is 0.246 e. The highest BCUT2D eigenvalue weighted by Gasteiger charge is 2.03. The summed E-state index contributed by atoms with van der Waals surface area (Å²) < 4.78 is 0. The van der Waals surface area contributed by atoms with E-state index in [1.165, 1.54) is 0 Å². The summed E-state index contributed by atoms with van der Waals surface area (Å²) in [6, 6.07) is 0. The first-order chi connectivity index (χ1) is 7.49. The summed E-state index contributed by atoms with van der Waals surface area (Å²) in [6.07, 6.45) is 6.22. The van der Waals surface area contributed by atoms with Crippen molar-refractivity contribution in [3.63, 3.8) is 0 Å². The van der Waals surface area contributed by atoms with Crippen LogP contribution in [0.25, 0.3) is 6.08 Å². The SMILES string of the molecule is CC(C)Cc1ncc(/C=C/C(=O)N(C)C)s1. The van der Waals surface area contributed by atoms with Crippen LogP contribution in [-0.4, -0.2) is 29.9 Å². The molecule has 0 atom stereocenters. The molecule has 1 heterocycles. The first kappa shape index (κ1) is 12.9. The van der Waals surface area contributed by atoms with Crippen LogP contribution in [0, 0.1) is 5.92 Å². The van der Waals surface area contributed by atoms with E-state index < -0.39 is 0 Å². The lowest BCUT2D eigenvalue weighted by atomic mass is 10.1. The summed E-state index contributed by atoms with van der Waals surface area (Å²) in [5, 5.41) is 1.13. The van der Waals surface area contributed by atoms with Gasteiger partial charge in [0.2, 0.25) is 5.91 Å². The molecule has 0 aliphatic heterocycles. The van der Waals surface area contributed by atoms with E-state index in [9.17, 15) is 4.79 Å². The van der Waals surface area contributed by atoms with Gasteiger partial charge in [-0.15, -0.1) is 11.3 Å². The number of nitrogens with zero attached hydrogens (tertiary/aromatic N) is 2. The molecule has 3 nitrogen and oxygen atoms in total. The number of rotatable bonds is 4. The van der Waals surface area contributed by atoms with Crippen LogP contribution >= 0.6 is 11.3 Å². The van der Waals surface area contributed by atoms with Gasteiger partial charge in [-0.05, 0) is 12.0 Å². The van der Waals surface area contributed by atoms with Crippen molar-refractivity contribution in [2.45, 2.75) is 20.3 Å². The lowest BCUT2D eigenvalue weighted by molar-refractivity contribution is -0.123. The predicted octanol–water partition coefficient (Wildman–Crippen LogP) is 2.44. The number of carbonyl (C=O) groups excluding carboxylic acids is 1. The molecular weight excluding hydrogens is 220 g/mol. The molecule has 0 fully saturated rings. The lowest BCUT2D eigenvalue weighted by Crippen LogP contribution is -2.18. The largest absolute Gasteiger partial charge is 0.345 e. The van der Waals surface area contributed by atoms with E-state index in [2.05, 4.69) is 18.8 Å². The van der Waals surface area contributed by atoms with Crippen LogP contribution in [0.15, 0.2) is 12.3 Å². The van der Waals surface area contributed by atoms with E-state index in [0.717, 1.165) is 16.3 Å². The average molecular weight is 238 g/mol. The van der Waals surface area contributed by atoms with Crippen molar-refractivity contribution in [1.82, 2.24) is 9.88 Å². The standard InChI is InChI=1S/C12H18N2OS/c1-9(2)7-11-13-8-10(16-11)5-6-12(15)14(3)4/h5-6,8-9H,7H2,1-4H3/b6-5+. The van der Waals surface area contributed by atoms with Crippen LogP contribution in [0.3, 0.4) is 0 Å². The third-order valence-corrected chi connectivity index (χ3v) is 2.97. The molecule has 0 spiro atoms. The van der Waals surface area contributed by atoms with Gasteiger partial charge in [-0.3, -0.25) is 4.79 Å². The van der Waals surface area contributed by atoms with Gasteiger partial charge in [0, 0.05) is 37.7 Å². The zero-order valence-electron chi connectivity index (χ0n) is 10.2. The molecule has 0 N–H and O–H groups in total. The van der Waals surface area contributed by atoms with Gasteiger partial charge in [0.15, 0.2) is 0 Å². The molecule has 1 amide bonds. The Hall–Kier alpha value is -1.16. The summed E-state index contributed by atoms with van der Waals surface area (Å²) in [5.41, 5.74) is 0. The summed E-state index contributed by atoms with van der Waals surface area (Å²) in [7, 11) is 3.48. The maximum Gasteiger partial charge on any atom is 0.246 e.